The normalized spacial score (nSPS) is 11.7. The molecule has 0 aliphatic carbocycles. The molecule has 4 aromatic rings. The van der Waals surface area contributed by atoms with Crippen molar-refractivity contribution >= 4 is 16.7 Å². The highest BCUT2D eigenvalue weighted by Crippen LogP contribution is 2.28. The maximum Gasteiger partial charge on any atom is 0.189 e. The zero-order valence-electron chi connectivity index (χ0n) is 14.8. The van der Waals surface area contributed by atoms with Crippen LogP contribution in [0.25, 0.3) is 16.7 Å². The smallest absolute Gasteiger partial charge is 0.189 e. The maximum atomic E-state index is 6.03. The minimum absolute atomic E-state index is 0.312. The average molecular weight is 336 g/mol. The van der Waals surface area contributed by atoms with E-state index in [1.165, 1.54) is 11.1 Å². The summed E-state index contributed by atoms with van der Waals surface area (Å²) in [4.78, 5) is 8.97. The van der Waals surface area contributed by atoms with Gasteiger partial charge in [-0.2, -0.15) is 5.10 Å². The Kier molecular flexibility index (Phi) is 3.63. The van der Waals surface area contributed by atoms with E-state index in [4.69, 9.17) is 4.74 Å². The second-order valence-corrected chi connectivity index (χ2v) is 6.53. The van der Waals surface area contributed by atoms with Crippen molar-refractivity contribution in [1.82, 2.24) is 29.4 Å². The van der Waals surface area contributed by atoms with Crippen LogP contribution in [-0.4, -0.2) is 29.4 Å². The molecule has 7 heteroatoms. The number of ether oxygens (including phenoxy) is 1. The molecule has 4 rings (SSSR count). The lowest BCUT2D eigenvalue weighted by molar-refractivity contribution is 0.291. The summed E-state index contributed by atoms with van der Waals surface area (Å²) in [6.45, 7) is 6.69. The average Bonchev–Trinajstić information content (AvgIpc) is 3.16. The summed E-state index contributed by atoms with van der Waals surface area (Å²) >= 11 is 0. The Hall–Kier alpha value is -2.96. The van der Waals surface area contributed by atoms with Gasteiger partial charge in [0.05, 0.1) is 11.6 Å². The van der Waals surface area contributed by atoms with Gasteiger partial charge in [0, 0.05) is 7.05 Å². The molecular formula is C18H20N6O. The quantitative estimate of drug-likeness (QED) is 0.573. The zero-order valence-corrected chi connectivity index (χ0v) is 14.8. The Balaban J connectivity index is 1.66. The first-order valence-electron chi connectivity index (χ1n) is 8.28. The van der Waals surface area contributed by atoms with Gasteiger partial charge in [-0.1, -0.05) is 26.0 Å². The molecule has 0 aliphatic heterocycles. The summed E-state index contributed by atoms with van der Waals surface area (Å²) in [7, 11) is 1.86. The van der Waals surface area contributed by atoms with Gasteiger partial charge < -0.3 is 4.74 Å². The van der Waals surface area contributed by atoms with E-state index in [-0.39, 0.29) is 0 Å². The molecule has 3 aromatic heterocycles. The Morgan fingerprint density at radius 1 is 1.20 bits per heavy atom. The molecule has 128 valence electrons. The molecule has 0 radical (unpaired) electrons. The fourth-order valence-corrected chi connectivity index (χ4v) is 2.93. The predicted octanol–water partition coefficient (Wildman–Crippen LogP) is 3.02. The lowest BCUT2D eigenvalue weighted by atomic mass is 10.0. The monoisotopic (exact) mass is 336 g/mol. The van der Waals surface area contributed by atoms with E-state index in [2.05, 4.69) is 59.1 Å². The first kappa shape index (κ1) is 15.6. The van der Waals surface area contributed by atoms with E-state index in [0.29, 0.717) is 18.3 Å². The molecule has 0 aliphatic rings. The van der Waals surface area contributed by atoms with Crippen LogP contribution in [0.1, 0.15) is 36.7 Å². The van der Waals surface area contributed by atoms with Crippen molar-refractivity contribution in [2.24, 2.45) is 7.05 Å². The fourth-order valence-electron chi connectivity index (χ4n) is 2.93. The molecule has 0 bridgehead atoms. The molecule has 0 saturated carbocycles. The standard InChI is InChI=1S/C18H20N6O/c1-11(2)13-6-5-12(3)7-15(13)25-9-16-21-18-14-8-20-23(4)17(14)19-10-24(18)22-16/h5-8,10-11H,9H2,1-4H3. The molecule has 3 heterocycles. The summed E-state index contributed by atoms with van der Waals surface area (Å²) in [5, 5.41) is 9.57. The van der Waals surface area contributed by atoms with Gasteiger partial charge >= 0.3 is 0 Å². The van der Waals surface area contributed by atoms with Crippen LogP contribution >= 0.6 is 0 Å². The molecule has 0 amide bonds. The number of nitrogens with zero attached hydrogens (tertiary/aromatic N) is 6. The van der Waals surface area contributed by atoms with Gasteiger partial charge in [0.25, 0.3) is 0 Å². The topological polar surface area (TPSA) is 70.1 Å². The molecule has 1 aromatic carbocycles. The van der Waals surface area contributed by atoms with Crippen LogP contribution in [0.15, 0.2) is 30.7 Å². The summed E-state index contributed by atoms with van der Waals surface area (Å²) < 4.78 is 9.43. The van der Waals surface area contributed by atoms with Crippen LogP contribution < -0.4 is 4.74 Å². The Bertz CT molecular complexity index is 1060. The highest BCUT2D eigenvalue weighted by atomic mass is 16.5. The Morgan fingerprint density at radius 3 is 2.84 bits per heavy atom. The third-order valence-corrected chi connectivity index (χ3v) is 4.26. The summed E-state index contributed by atoms with van der Waals surface area (Å²) in [6.07, 6.45) is 3.41. The number of hydrogen-bond donors (Lipinski definition) is 0. The van der Waals surface area contributed by atoms with Gasteiger partial charge in [-0.15, -0.1) is 5.10 Å². The van der Waals surface area contributed by atoms with Gasteiger partial charge in [0.2, 0.25) is 0 Å². The van der Waals surface area contributed by atoms with Crippen LogP contribution in [0.4, 0.5) is 0 Å². The lowest BCUT2D eigenvalue weighted by Gasteiger charge is -2.13. The van der Waals surface area contributed by atoms with Crippen LogP contribution in [0.5, 0.6) is 5.75 Å². The second kappa shape index (κ2) is 5.84. The summed E-state index contributed by atoms with van der Waals surface area (Å²) in [6, 6.07) is 6.29. The van der Waals surface area contributed by atoms with Gasteiger partial charge in [0.1, 0.15) is 18.7 Å². The van der Waals surface area contributed by atoms with Crippen molar-refractivity contribution in [1.29, 1.82) is 0 Å². The molecule has 25 heavy (non-hydrogen) atoms. The van der Waals surface area contributed by atoms with Gasteiger partial charge in [-0.05, 0) is 30.0 Å². The van der Waals surface area contributed by atoms with Gasteiger partial charge in [0.15, 0.2) is 17.1 Å². The van der Waals surface area contributed by atoms with Gasteiger partial charge in [-0.3, -0.25) is 4.68 Å². The highest BCUT2D eigenvalue weighted by molar-refractivity contribution is 5.88. The van der Waals surface area contributed by atoms with Crippen molar-refractivity contribution in [3.63, 3.8) is 0 Å². The molecule has 0 unspecified atom stereocenters. The minimum Gasteiger partial charge on any atom is -0.485 e. The number of fused-ring (bicyclic) bond motifs is 3. The first-order valence-corrected chi connectivity index (χ1v) is 8.28. The van der Waals surface area contributed by atoms with E-state index < -0.39 is 0 Å². The predicted molar refractivity (Wildman–Crippen MR) is 94.7 cm³/mol. The number of aromatic nitrogens is 6. The third kappa shape index (κ3) is 2.71. The lowest BCUT2D eigenvalue weighted by Crippen LogP contribution is -2.02. The van der Waals surface area contributed by atoms with E-state index >= 15 is 0 Å². The molecule has 7 nitrogen and oxygen atoms in total. The van der Waals surface area contributed by atoms with Crippen molar-refractivity contribution in [2.75, 3.05) is 0 Å². The Morgan fingerprint density at radius 2 is 2.04 bits per heavy atom. The second-order valence-electron chi connectivity index (χ2n) is 6.53. The van der Waals surface area contributed by atoms with E-state index in [1.807, 2.05) is 7.05 Å². The third-order valence-electron chi connectivity index (χ3n) is 4.26. The van der Waals surface area contributed by atoms with E-state index in [0.717, 1.165) is 22.4 Å². The number of benzene rings is 1. The molecule has 0 N–H and O–H groups in total. The first-order chi connectivity index (χ1) is 12.0. The van der Waals surface area contributed by atoms with Crippen LogP contribution in [-0.2, 0) is 13.7 Å². The molecule has 0 atom stereocenters. The van der Waals surface area contributed by atoms with E-state index in [1.54, 1.807) is 21.7 Å². The van der Waals surface area contributed by atoms with Gasteiger partial charge in [-0.25, -0.2) is 14.5 Å². The maximum absolute atomic E-state index is 6.03. The number of rotatable bonds is 4. The highest BCUT2D eigenvalue weighted by Gasteiger charge is 2.13. The molecule has 0 saturated heterocycles. The van der Waals surface area contributed by atoms with Crippen molar-refractivity contribution in [3.8, 4) is 5.75 Å². The SMILES string of the molecule is Cc1ccc(C(C)C)c(OCc2nc3c4cnn(C)c4ncn3n2)c1. The molecular weight excluding hydrogens is 316 g/mol. The summed E-state index contributed by atoms with van der Waals surface area (Å²) in [5.41, 5.74) is 3.88. The molecule has 0 spiro atoms. The Labute approximate surface area is 145 Å². The van der Waals surface area contributed by atoms with Crippen molar-refractivity contribution in [3.05, 3.63) is 47.7 Å². The van der Waals surface area contributed by atoms with E-state index in [9.17, 15) is 0 Å². The number of aryl methyl sites for hydroxylation is 2. The van der Waals surface area contributed by atoms with Crippen molar-refractivity contribution in [2.45, 2.75) is 33.3 Å². The largest absolute Gasteiger partial charge is 0.485 e. The zero-order chi connectivity index (χ0) is 17.6. The van der Waals surface area contributed by atoms with Crippen LogP contribution in [0, 0.1) is 6.92 Å². The van der Waals surface area contributed by atoms with Crippen LogP contribution in [0.2, 0.25) is 0 Å². The molecule has 0 fully saturated rings. The fraction of sp³-hybridized carbons (Fsp3) is 0.333. The number of hydrogen-bond acceptors (Lipinski definition) is 5. The van der Waals surface area contributed by atoms with Crippen molar-refractivity contribution < 1.29 is 4.74 Å². The minimum atomic E-state index is 0.312. The van der Waals surface area contributed by atoms with Crippen LogP contribution in [0.3, 0.4) is 0 Å². The summed E-state index contributed by atoms with van der Waals surface area (Å²) in [5.74, 6) is 1.90.